The van der Waals surface area contributed by atoms with Crippen LogP contribution >= 0.6 is 0 Å². The molecule has 158 valence electrons. The minimum absolute atomic E-state index is 0.104. The van der Waals surface area contributed by atoms with Crippen LogP contribution in [0.3, 0.4) is 0 Å². The fourth-order valence-electron chi connectivity index (χ4n) is 4.46. The van der Waals surface area contributed by atoms with Crippen molar-refractivity contribution in [2.24, 2.45) is 5.92 Å². The average Bonchev–Trinajstić information content (AvgIpc) is 3.17. The zero-order chi connectivity index (χ0) is 20.9. The molecule has 1 aliphatic carbocycles. The second-order valence-corrected chi connectivity index (χ2v) is 8.28. The number of halogens is 2. The molecule has 3 aromatic rings. The number of aromatic amines is 1. The molecular formula is C21H24F2N6O. The fourth-order valence-corrected chi connectivity index (χ4v) is 4.46. The molecule has 2 aliphatic rings. The Morgan fingerprint density at radius 2 is 2.13 bits per heavy atom. The van der Waals surface area contributed by atoms with Crippen LogP contribution in [-0.4, -0.2) is 51.7 Å². The Kier molecular flexibility index (Phi) is 4.57. The predicted molar refractivity (Wildman–Crippen MR) is 111 cm³/mol. The number of pyridine rings is 1. The lowest BCUT2D eigenvalue weighted by atomic mass is 9.77. The van der Waals surface area contributed by atoms with Crippen molar-refractivity contribution >= 4 is 22.7 Å². The lowest BCUT2D eigenvalue weighted by Crippen LogP contribution is -2.45. The first-order valence-electron chi connectivity index (χ1n) is 10.2. The Balaban J connectivity index is 1.59. The maximum atomic E-state index is 13.4. The van der Waals surface area contributed by atoms with Gasteiger partial charge in [-0.2, -0.15) is 0 Å². The molecule has 3 N–H and O–H groups in total. The Hall–Kier alpha value is -2.81. The molecule has 4 heterocycles. The van der Waals surface area contributed by atoms with Crippen LogP contribution in [0, 0.1) is 5.92 Å². The summed E-state index contributed by atoms with van der Waals surface area (Å²) >= 11 is 0. The molecule has 0 bridgehead atoms. The van der Waals surface area contributed by atoms with Crippen LogP contribution in [0.2, 0.25) is 0 Å². The molecule has 9 heteroatoms. The molecule has 0 spiro atoms. The van der Waals surface area contributed by atoms with Crippen molar-refractivity contribution in [2.75, 3.05) is 30.4 Å². The van der Waals surface area contributed by atoms with Gasteiger partial charge in [-0.25, -0.2) is 23.7 Å². The summed E-state index contributed by atoms with van der Waals surface area (Å²) in [6, 6.07) is 3.90. The predicted octanol–water partition coefficient (Wildman–Crippen LogP) is 3.42. The van der Waals surface area contributed by atoms with E-state index in [1.165, 1.54) is 0 Å². The van der Waals surface area contributed by atoms with Crippen molar-refractivity contribution in [1.29, 1.82) is 0 Å². The second-order valence-electron chi connectivity index (χ2n) is 8.28. The maximum Gasteiger partial charge on any atom is 0.248 e. The summed E-state index contributed by atoms with van der Waals surface area (Å²) < 4.78 is 32.4. The van der Waals surface area contributed by atoms with Crippen molar-refractivity contribution in [3.05, 3.63) is 30.1 Å². The number of nitrogens with two attached hydrogens (primary N) is 1. The third-order valence-electron chi connectivity index (χ3n) is 6.03. The minimum atomic E-state index is -2.57. The molecular weight excluding hydrogens is 390 g/mol. The Labute approximate surface area is 172 Å². The summed E-state index contributed by atoms with van der Waals surface area (Å²) in [5, 5.41) is 0.907. The summed E-state index contributed by atoms with van der Waals surface area (Å²) in [6.07, 6.45) is 3.76. The van der Waals surface area contributed by atoms with E-state index in [0.717, 1.165) is 28.0 Å². The third-order valence-corrected chi connectivity index (χ3v) is 6.03. The summed E-state index contributed by atoms with van der Waals surface area (Å²) in [6.45, 7) is 3.90. The Morgan fingerprint density at radius 1 is 1.30 bits per heavy atom. The number of nitrogen functional groups attached to an aromatic ring is 1. The first-order chi connectivity index (χ1) is 14.4. The molecule has 0 aromatic carbocycles. The number of nitrogens with zero attached hydrogens (tertiary/aromatic N) is 4. The first-order valence-corrected chi connectivity index (χ1v) is 10.2. The molecule has 7 nitrogen and oxygen atoms in total. The van der Waals surface area contributed by atoms with Crippen molar-refractivity contribution < 1.29 is 13.5 Å². The van der Waals surface area contributed by atoms with Gasteiger partial charge in [-0.1, -0.05) is 0 Å². The van der Waals surface area contributed by atoms with Gasteiger partial charge in [0.25, 0.3) is 0 Å². The van der Waals surface area contributed by atoms with Gasteiger partial charge < -0.3 is 20.4 Å². The standard InChI is InChI=1S/C21H24F2N6O/c1-12-11-30-7-6-29(12)20-16(8-13-9-21(22,23)10-13)17(24)27-19(28-20)15-3-5-26-18-14(15)2-4-25-18/h2-5,12-13H,6-11H2,1H3,(H,25,26)(H2,24,27,28). The van der Waals surface area contributed by atoms with E-state index in [1.54, 1.807) is 6.20 Å². The highest BCUT2D eigenvalue weighted by molar-refractivity contribution is 5.91. The highest BCUT2D eigenvalue weighted by Crippen LogP contribution is 2.45. The van der Waals surface area contributed by atoms with Crippen molar-refractivity contribution in [3.63, 3.8) is 0 Å². The fraction of sp³-hybridized carbons (Fsp3) is 0.476. The van der Waals surface area contributed by atoms with Gasteiger partial charge in [0, 0.05) is 48.3 Å². The number of nitrogens with one attached hydrogen (secondary N) is 1. The van der Waals surface area contributed by atoms with Crippen molar-refractivity contribution in [3.8, 4) is 11.4 Å². The Bertz CT molecular complexity index is 1080. The van der Waals surface area contributed by atoms with E-state index in [0.29, 0.717) is 37.8 Å². The van der Waals surface area contributed by atoms with Crippen LogP contribution in [0.25, 0.3) is 22.4 Å². The quantitative estimate of drug-likeness (QED) is 0.680. The van der Waals surface area contributed by atoms with Crippen LogP contribution in [0.15, 0.2) is 24.5 Å². The topological polar surface area (TPSA) is 93.0 Å². The molecule has 0 radical (unpaired) electrons. The zero-order valence-corrected chi connectivity index (χ0v) is 16.7. The largest absolute Gasteiger partial charge is 0.383 e. The number of alkyl halides is 2. The zero-order valence-electron chi connectivity index (χ0n) is 16.7. The number of hydrogen-bond acceptors (Lipinski definition) is 6. The van der Waals surface area contributed by atoms with Gasteiger partial charge in [-0.05, 0) is 31.4 Å². The van der Waals surface area contributed by atoms with E-state index < -0.39 is 5.92 Å². The van der Waals surface area contributed by atoms with Crippen LogP contribution in [0.4, 0.5) is 20.4 Å². The molecule has 3 aromatic heterocycles. The number of anilines is 2. The molecule has 1 unspecified atom stereocenters. The lowest BCUT2D eigenvalue weighted by molar-refractivity contribution is -0.109. The molecule has 1 saturated heterocycles. The molecule has 0 amide bonds. The van der Waals surface area contributed by atoms with Crippen LogP contribution in [0.5, 0.6) is 0 Å². The van der Waals surface area contributed by atoms with Gasteiger partial charge in [0.05, 0.1) is 19.3 Å². The highest BCUT2D eigenvalue weighted by atomic mass is 19.3. The van der Waals surface area contributed by atoms with E-state index >= 15 is 0 Å². The van der Waals surface area contributed by atoms with E-state index in [-0.39, 0.29) is 24.8 Å². The molecule has 1 aliphatic heterocycles. The summed E-state index contributed by atoms with van der Waals surface area (Å²) in [5.74, 6) is -1.09. The highest BCUT2D eigenvalue weighted by Gasteiger charge is 2.45. The van der Waals surface area contributed by atoms with Crippen LogP contribution < -0.4 is 10.6 Å². The minimum Gasteiger partial charge on any atom is -0.383 e. The molecule has 5 rings (SSSR count). The first kappa shape index (κ1) is 19.2. The average molecular weight is 414 g/mol. The smallest absolute Gasteiger partial charge is 0.248 e. The third kappa shape index (κ3) is 3.36. The van der Waals surface area contributed by atoms with Crippen LogP contribution in [0.1, 0.15) is 25.3 Å². The Morgan fingerprint density at radius 3 is 2.90 bits per heavy atom. The number of H-pyrrole nitrogens is 1. The number of morpholine rings is 1. The van der Waals surface area contributed by atoms with Gasteiger partial charge in [0.2, 0.25) is 5.92 Å². The normalized spacial score (nSPS) is 21.7. The summed E-state index contributed by atoms with van der Waals surface area (Å²) in [7, 11) is 0. The summed E-state index contributed by atoms with van der Waals surface area (Å²) in [4.78, 5) is 19.1. The molecule has 1 saturated carbocycles. The maximum absolute atomic E-state index is 13.4. The van der Waals surface area contributed by atoms with Gasteiger partial charge in [0.15, 0.2) is 5.82 Å². The number of ether oxygens (including phenoxy) is 1. The summed E-state index contributed by atoms with van der Waals surface area (Å²) in [5.41, 5.74) is 8.74. The van der Waals surface area contributed by atoms with Crippen molar-refractivity contribution in [2.45, 2.75) is 38.2 Å². The van der Waals surface area contributed by atoms with Gasteiger partial charge in [-0.15, -0.1) is 0 Å². The number of rotatable bonds is 4. The molecule has 2 fully saturated rings. The van der Waals surface area contributed by atoms with Gasteiger partial charge in [-0.3, -0.25) is 0 Å². The molecule has 1 atom stereocenters. The molecule has 30 heavy (non-hydrogen) atoms. The second kappa shape index (κ2) is 7.16. The number of hydrogen-bond donors (Lipinski definition) is 2. The monoisotopic (exact) mass is 414 g/mol. The SMILES string of the molecule is CC1COCCN1c1nc(-c2ccnc3[nH]ccc23)nc(N)c1CC1CC(F)(F)C1. The number of aromatic nitrogens is 4. The lowest BCUT2D eigenvalue weighted by Gasteiger charge is -2.38. The van der Waals surface area contributed by atoms with E-state index in [1.807, 2.05) is 18.3 Å². The van der Waals surface area contributed by atoms with E-state index in [2.05, 4.69) is 26.8 Å². The van der Waals surface area contributed by atoms with E-state index in [4.69, 9.17) is 15.5 Å². The van der Waals surface area contributed by atoms with Gasteiger partial charge in [0.1, 0.15) is 17.3 Å². The van der Waals surface area contributed by atoms with E-state index in [9.17, 15) is 8.78 Å². The van der Waals surface area contributed by atoms with Gasteiger partial charge >= 0.3 is 0 Å². The number of fused-ring (bicyclic) bond motifs is 1. The van der Waals surface area contributed by atoms with Crippen molar-refractivity contribution in [1.82, 2.24) is 19.9 Å². The van der Waals surface area contributed by atoms with Crippen LogP contribution in [-0.2, 0) is 11.2 Å².